The molecule has 2 aromatic rings. The first-order chi connectivity index (χ1) is 12.5. The number of non-ortho nitro benzene ring substituents is 1. The molecule has 0 saturated carbocycles. The van der Waals surface area contributed by atoms with E-state index in [0.717, 1.165) is 0 Å². The number of nitro benzene ring substituents is 1. The molecular weight excluding hydrogens is 360 g/mol. The molecule has 0 aliphatic carbocycles. The van der Waals surface area contributed by atoms with Crippen LogP contribution in [-0.4, -0.2) is 30.5 Å². The van der Waals surface area contributed by atoms with Crippen LogP contribution in [-0.2, 0) is 4.79 Å². The summed E-state index contributed by atoms with van der Waals surface area (Å²) in [6.07, 6.45) is 0. The lowest BCUT2D eigenvalue weighted by Gasteiger charge is -2.10. The van der Waals surface area contributed by atoms with Crippen LogP contribution in [0.2, 0.25) is 5.02 Å². The molecule has 0 aromatic heterocycles. The molecular formula is C17H15ClN4O4. The van der Waals surface area contributed by atoms with Crippen molar-refractivity contribution in [3.63, 3.8) is 0 Å². The molecule has 0 aliphatic rings. The summed E-state index contributed by atoms with van der Waals surface area (Å²) in [6, 6.07) is 12.5. The van der Waals surface area contributed by atoms with E-state index in [4.69, 9.17) is 21.6 Å². The van der Waals surface area contributed by atoms with Crippen LogP contribution >= 0.6 is 11.6 Å². The molecule has 0 heterocycles. The Labute approximate surface area is 154 Å². The molecule has 0 bridgehead atoms. The fourth-order valence-electron chi connectivity index (χ4n) is 1.99. The maximum Gasteiger partial charge on any atom is 0.269 e. The van der Waals surface area contributed by atoms with Crippen molar-refractivity contribution in [1.29, 1.82) is 5.26 Å². The summed E-state index contributed by atoms with van der Waals surface area (Å²) in [5.41, 5.74) is 1.14. The average Bonchev–Trinajstić information content (AvgIpc) is 2.64. The number of nitrogens with zero attached hydrogens (tertiary/aromatic N) is 2. The topological polar surface area (TPSA) is 117 Å². The maximum absolute atomic E-state index is 11.7. The zero-order chi connectivity index (χ0) is 18.9. The number of ether oxygens (including phenoxy) is 1. The van der Waals surface area contributed by atoms with Gasteiger partial charge in [0.05, 0.1) is 21.6 Å². The van der Waals surface area contributed by atoms with Crippen molar-refractivity contribution in [2.75, 3.05) is 25.0 Å². The number of carbonyl (C=O) groups excluding carboxylic acids is 1. The van der Waals surface area contributed by atoms with Crippen LogP contribution in [0.25, 0.3) is 0 Å². The number of nitro groups is 1. The molecule has 134 valence electrons. The Kier molecular flexibility index (Phi) is 6.76. The highest BCUT2D eigenvalue weighted by Gasteiger charge is 2.07. The summed E-state index contributed by atoms with van der Waals surface area (Å²) in [7, 11) is 0. The number of hydrogen-bond acceptors (Lipinski definition) is 6. The van der Waals surface area contributed by atoms with Gasteiger partial charge in [0.2, 0.25) is 0 Å². The molecule has 0 saturated heterocycles. The Bertz CT molecular complexity index is 834. The number of halogens is 1. The minimum absolute atomic E-state index is 0.0162. The Balaban J connectivity index is 1.69. The highest BCUT2D eigenvalue weighted by Crippen LogP contribution is 2.25. The molecule has 0 unspecified atom stereocenters. The number of nitrogens with one attached hydrogen (secondary N) is 2. The number of hydrogen-bond donors (Lipinski definition) is 2. The van der Waals surface area contributed by atoms with E-state index < -0.39 is 4.92 Å². The Morgan fingerprint density at radius 2 is 1.96 bits per heavy atom. The predicted molar refractivity (Wildman–Crippen MR) is 96.3 cm³/mol. The van der Waals surface area contributed by atoms with E-state index in [2.05, 4.69) is 10.6 Å². The molecule has 9 heteroatoms. The summed E-state index contributed by atoms with van der Waals surface area (Å²) in [5.74, 6) is 0.000692. The van der Waals surface area contributed by atoms with Crippen LogP contribution < -0.4 is 15.4 Å². The smallest absolute Gasteiger partial charge is 0.269 e. The average molecular weight is 375 g/mol. The third kappa shape index (κ3) is 5.65. The molecule has 0 aliphatic heterocycles. The van der Waals surface area contributed by atoms with Gasteiger partial charge >= 0.3 is 0 Å². The first-order valence-electron chi connectivity index (χ1n) is 7.57. The minimum Gasteiger partial charge on any atom is -0.482 e. The van der Waals surface area contributed by atoms with Gasteiger partial charge < -0.3 is 15.4 Å². The molecule has 0 atom stereocenters. The van der Waals surface area contributed by atoms with Crippen molar-refractivity contribution in [1.82, 2.24) is 5.32 Å². The number of amides is 1. The Morgan fingerprint density at radius 3 is 2.58 bits per heavy atom. The number of benzene rings is 2. The summed E-state index contributed by atoms with van der Waals surface area (Å²) < 4.78 is 5.31. The first kappa shape index (κ1) is 19.0. The van der Waals surface area contributed by atoms with Gasteiger partial charge in [-0.1, -0.05) is 11.6 Å². The minimum atomic E-state index is -0.468. The van der Waals surface area contributed by atoms with E-state index in [9.17, 15) is 14.9 Å². The normalized spacial score (nSPS) is 9.85. The number of rotatable bonds is 8. The third-order valence-corrected chi connectivity index (χ3v) is 3.57. The summed E-state index contributed by atoms with van der Waals surface area (Å²) in [6.45, 7) is 0.588. The van der Waals surface area contributed by atoms with Gasteiger partial charge in [0.1, 0.15) is 5.75 Å². The number of anilines is 1. The molecule has 2 N–H and O–H groups in total. The zero-order valence-electron chi connectivity index (χ0n) is 13.6. The van der Waals surface area contributed by atoms with E-state index in [0.29, 0.717) is 30.1 Å². The lowest BCUT2D eigenvalue weighted by molar-refractivity contribution is -0.384. The predicted octanol–water partition coefficient (Wildman–Crippen LogP) is 2.73. The molecule has 2 rings (SSSR count). The number of nitriles is 1. The Morgan fingerprint density at radius 1 is 1.23 bits per heavy atom. The van der Waals surface area contributed by atoms with Crippen LogP contribution in [0.1, 0.15) is 5.56 Å². The van der Waals surface area contributed by atoms with E-state index in [1.54, 1.807) is 18.2 Å². The standard InChI is InChI=1S/C17H15ClN4O4/c18-15-9-12(10-19)1-6-16(15)26-11-17(23)21-8-7-20-13-2-4-14(5-3-13)22(24)25/h1-6,9,20H,7-8,11H2,(H,21,23). The monoisotopic (exact) mass is 374 g/mol. The van der Waals surface area contributed by atoms with Gasteiger partial charge in [0, 0.05) is 30.9 Å². The SMILES string of the molecule is N#Cc1ccc(OCC(=O)NCCNc2ccc([N+](=O)[O-])cc2)c(Cl)c1. The molecule has 1 amide bonds. The van der Waals surface area contributed by atoms with Crippen molar-refractivity contribution < 1.29 is 14.5 Å². The lowest BCUT2D eigenvalue weighted by Crippen LogP contribution is -2.32. The van der Waals surface area contributed by atoms with Gasteiger partial charge in [-0.2, -0.15) is 5.26 Å². The van der Waals surface area contributed by atoms with Crippen molar-refractivity contribution in [3.8, 4) is 11.8 Å². The maximum atomic E-state index is 11.7. The van der Waals surface area contributed by atoms with Gasteiger partial charge in [-0.3, -0.25) is 14.9 Å². The molecule has 0 radical (unpaired) electrons. The molecule has 0 fully saturated rings. The van der Waals surface area contributed by atoms with Crippen molar-refractivity contribution >= 4 is 28.9 Å². The van der Waals surface area contributed by atoms with E-state index >= 15 is 0 Å². The fraction of sp³-hybridized carbons (Fsp3) is 0.176. The third-order valence-electron chi connectivity index (χ3n) is 3.27. The van der Waals surface area contributed by atoms with E-state index in [1.165, 1.54) is 24.3 Å². The van der Waals surface area contributed by atoms with Crippen LogP contribution in [0.4, 0.5) is 11.4 Å². The second kappa shape index (κ2) is 9.25. The van der Waals surface area contributed by atoms with E-state index in [1.807, 2.05) is 6.07 Å². The summed E-state index contributed by atoms with van der Waals surface area (Å²) in [4.78, 5) is 21.8. The zero-order valence-corrected chi connectivity index (χ0v) is 14.3. The Hall–Kier alpha value is -3.31. The second-order valence-electron chi connectivity index (χ2n) is 5.13. The van der Waals surface area contributed by atoms with Gasteiger partial charge in [-0.25, -0.2) is 0 Å². The van der Waals surface area contributed by atoms with Crippen LogP contribution in [0.3, 0.4) is 0 Å². The van der Waals surface area contributed by atoms with Gasteiger partial charge in [-0.05, 0) is 30.3 Å². The molecule has 26 heavy (non-hydrogen) atoms. The highest BCUT2D eigenvalue weighted by molar-refractivity contribution is 6.32. The van der Waals surface area contributed by atoms with Crippen LogP contribution in [0.5, 0.6) is 5.75 Å². The van der Waals surface area contributed by atoms with Crippen molar-refractivity contribution in [2.24, 2.45) is 0 Å². The molecule has 2 aromatic carbocycles. The second-order valence-corrected chi connectivity index (χ2v) is 5.53. The molecule has 8 nitrogen and oxygen atoms in total. The quantitative estimate of drug-likeness (QED) is 0.416. The summed E-state index contributed by atoms with van der Waals surface area (Å²) in [5, 5.41) is 25.3. The van der Waals surface area contributed by atoms with Gasteiger partial charge in [-0.15, -0.1) is 0 Å². The van der Waals surface area contributed by atoms with E-state index in [-0.39, 0.29) is 23.2 Å². The molecule has 0 spiro atoms. The fourth-order valence-corrected chi connectivity index (χ4v) is 2.23. The van der Waals surface area contributed by atoms with Crippen molar-refractivity contribution in [3.05, 3.63) is 63.2 Å². The lowest BCUT2D eigenvalue weighted by atomic mass is 10.2. The number of carbonyl (C=O) groups is 1. The largest absolute Gasteiger partial charge is 0.482 e. The van der Waals surface area contributed by atoms with Gasteiger partial charge in [0.25, 0.3) is 11.6 Å². The first-order valence-corrected chi connectivity index (χ1v) is 7.95. The highest BCUT2D eigenvalue weighted by atomic mass is 35.5. The van der Waals surface area contributed by atoms with Crippen LogP contribution in [0.15, 0.2) is 42.5 Å². The summed E-state index contributed by atoms with van der Waals surface area (Å²) >= 11 is 5.96. The van der Waals surface area contributed by atoms with Crippen molar-refractivity contribution in [2.45, 2.75) is 0 Å². The van der Waals surface area contributed by atoms with Gasteiger partial charge in [0.15, 0.2) is 6.61 Å². The van der Waals surface area contributed by atoms with Crippen LogP contribution in [0, 0.1) is 21.4 Å².